The molecule has 3 aromatic carbocycles. The molecule has 0 unspecified atom stereocenters. The van der Waals surface area contributed by atoms with Crippen LogP contribution in [0.5, 0.6) is 5.75 Å². The highest BCUT2D eigenvalue weighted by Crippen LogP contribution is 2.16. The van der Waals surface area contributed by atoms with Crippen LogP contribution < -0.4 is 10.1 Å². The van der Waals surface area contributed by atoms with E-state index < -0.39 is 0 Å². The fourth-order valence-corrected chi connectivity index (χ4v) is 3.25. The maximum absolute atomic E-state index is 12.6. The topological polar surface area (TPSA) is 69.0 Å². The number of ether oxygens (including phenoxy) is 1. The number of carbonyl (C=O) groups is 1. The van der Waals surface area contributed by atoms with Crippen LogP contribution in [0.4, 0.5) is 0 Å². The minimum atomic E-state index is -0.140. The average Bonchev–Trinajstić information content (AvgIpc) is 3.17. The summed E-state index contributed by atoms with van der Waals surface area (Å²) in [5, 5.41) is 11.4. The summed E-state index contributed by atoms with van der Waals surface area (Å²) in [4.78, 5) is 12.6. The largest absolute Gasteiger partial charge is 0.494 e. The molecule has 6 nitrogen and oxygen atoms in total. The Hall–Kier alpha value is -3.67. The van der Waals surface area contributed by atoms with E-state index in [9.17, 15) is 4.79 Å². The molecular formula is C24H24N4O2. The lowest BCUT2D eigenvalue weighted by Crippen LogP contribution is -2.22. The Kier molecular flexibility index (Phi) is 5.75. The second kappa shape index (κ2) is 8.78. The van der Waals surface area contributed by atoms with Gasteiger partial charge in [-0.25, -0.2) is 4.68 Å². The molecule has 0 aliphatic heterocycles. The van der Waals surface area contributed by atoms with Gasteiger partial charge in [0, 0.05) is 12.1 Å². The van der Waals surface area contributed by atoms with Gasteiger partial charge in [-0.1, -0.05) is 47.2 Å². The van der Waals surface area contributed by atoms with Gasteiger partial charge in [-0.3, -0.25) is 4.79 Å². The summed E-state index contributed by atoms with van der Waals surface area (Å²) < 4.78 is 7.29. The number of fused-ring (bicyclic) bond motifs is 1. The summed E-state index contributed by atoms with van der Waals surface area (Å²) >= 11 is 0. The van der Waals surface area contributed by atoms with Crippen LogP contribution in [0.3, 0.4) is 0 Å². The molecule has 0 bridgehead atoms. The number of benzene rings is 3. The molecule has 0 saturated carbocycles. The SMILES string of the molecule is CCOc1ccc(CNC(=O)c2ccc3c(c2)nnn3Cc2ccc(C)cc2)cc1. The van der Waals surface area contributed by atoms with E-state index in [1.807, 2.05) is 48.0 Å². The number of amides is 1. The van der Waals surface area contributed by atoms with Crippen LogP contribution in [0.15, 0.2) is 66.7 Å². The van der Waals surface area contributed by atoms with Gasteiger partial charge in [0.25, 0.3) is 5.91 Å². The maximum atomic E-state index is 12.6. The van der Waals surface area contributed by atoms with Crippen molar-refractivity contribution in [2.45, 2.75) is 26.9 Å². The van der Waals surface area contributed by atoms with Gasteiger partial charge in [-0.15, -0.1) is 5.10 Å². The van der Waals surface area contributed by atoms with Crippen molar-refractivity contribution in [3.05, 3.63) is 89.0 Å². The number of hydrogen-bond donors (Lipinski definition) is 1. The molecule has 6 heteroatoms. The molecule has 152 valence electrons. The zero-order valence-electron chi connectivity index (χ0n) is 17.1. The third kappa shape index (κ3) is 4.49. The Morgan fingerprint density at radius 3 is 2.47 bits per heavy atom. The van der Waals surface area contributed by atoms with E-state index in [4.69, 9.17) is 4.74 Å². The number of nitrogens with zero attached hydrogens (tertiary/aromatic N) is 3. The Morgan fingerprint density at radius 2 is 1.73 bits per heavy atom. The second-order valence-electron chi connectivity index (χ2n) is 7.20. The molecular weight excluding hydrogens is 376 g/mol. The highest BCUT2D eigenvalue weighted by molar-refractivity contribution is 5.97. The van der Waals surface area contributed by atoms with Gasteiger partial charge in [-0.05, 0) is 55.3 Å². The zero-order valence-corrected chi connectivity index (χ0v) is 17.1. The van der Waals surface area contributed by atoms with Crippen LogP contribution in [-0.2, 0) is 13.1 Å². The fourth-order valence-electron chi connectivity index (χ4n) is 3.25. The predicted molar refractivity (Wildman–Crippen MR) is 117 cm³/mol. The van der Waals surface area contributed by atoms with E-state index in [2.05, 4.69) is 46.8 Å². The van der Waals surface area contributed by atoms with Gasteiger partial charge in [-0.2, -0.15) is 0 Å². The molecule has 30 heavy (non-hydrogen) atoms. The molecule has 0 fully saturated rings. The molecule has 0 radical (unpaired) electrons. The van der Waals surface area contributed by atoms with Crippen molar-refractivity contribution >= 4 is 16.9 Å². The summed E-state index contributed by atoms with van der Waals surface area (Å²) in [6, 6.07) is 21.5. The van der Waals surface area contributed by atoms with Gasteiger partial charge in [0.1, 0.15) is 11.3 Å². The third-order valence-corrected chi connectivity index (χ3v) is 4.92. The molecule has 1 N–H and O–H groups in total. The Bertz CT molecular complexity index is 1150. The van der Waals surface area contributed by atoms with Gasteiger partial charge >= 0.3 is 0 Å². The molecule has 0 aliphatic carbocycles. The zero-order chi connectivity index (χ0) is 20.9. The molecule has 1 heterocycles. The van der Waals surface area contributed by atoms with Crippen molar-refractivity contribution in [1.29, 1.82) is 0 Å². The maximum Gasteiger partial charge on any atom is 0.251 e. The predicted octanol–water partition coefficient (Wildman–Crippen LogP) is 4.12. The second-order valence-corrected chi connectivity index (χ2v) is 7.20. The summed E-state index contributed by atoms with van der Waals surface area (Å²) in [5.41, 5.74) is 5.56. The first-order chi connectivity index (χ1) is 14.6. The normalized spacial score (nSPS) is 10.9. The first kappa shape index (κ1) is 19.6. The summed E-state index contributed by atoms with van der Waals surface area (Å²) in [6.45, 7) is 5.74. The molecule has 0 saturated heterocycles. The van der Waals surface area contributed by atoms with Crippen LogP contribution in [0.1, 0.15) is 34.0 Å². The minimum Gasteiger partial charge on any atom is -0.494 e. The standard InChI is InChI=1S/C24H24N4O2/c1-3-30-21-11-8-18(9-12-21)15-25-24(29)20-10-13-23-22(14-20)26-27-28(23)16-19-6-4-17(2)5-7-19/h4-14H,3,15-16H2,1-2H3,(H,25,29). The van der Waals surface area contributed by atoms with E-state index in [1.165, 1.54) is 5.56 Å². The number of aryl methyl sites for hydroxylation is 1. The van der Waals surface area contributed by atoms with E-state index in [0.717, 1.165) is 22.4 Å². The molecule has 1 amide bonds. The lowest BCUT2D eigenvalue weighted by atomic mass is 10.1. The van der Waals surface area contributed by atoms with Crippen molar-refractivity contribution in [3.63, 3.8) is 0 Å². The highest BCUT2D eigenvalue weighted by atomic mass is 16.5. The summed E-state index contributed by atoms with van der Waals surface area (Å²) in [5.74, 6) is 0.686. The Balaban J connectivity index is 1.43. The van der Waals surface area contributed by atoms with Crippen LogP contribution in [0.25, 0.3) is 11.0 Å². The molecule has 1 aromatic heterocycles. The minimum absolute atomic E-state index is 0.140. The highest BCUT2D eigenvalue weighted by Gasteiger charge is 2.11. The van der Waals surface area contributed by atoms with E-state index >= 15 is 0 Å². The monoisotopic (exact) mass is 400 g/mol. The van der Waals surface area contributed by atoms with E-state index in [1.54, 1.807) is 6.07 Å². The van der Waals surface area contributed by atoms with Crippen molar-refractivity contribution in [2.24, 2.45) is 0 Å². The average molecular weight is 400 g/mol. The van der Waals surface area contributed by atoms with E-state index in [-0.39, 0.29) is 5.91 Å². The lowest BCUT2D eigenvalue weighted by Gasteiger charge is -2.07. The number of aromatic nitrogens is 3. The first-order valence-corrected chi connectivity index (χ1v) is 10.0. The summed E-state index contributed by atoms with van der Waals surface area (Å²) in [7, 11) is 0. The van der Waals surface area contributed by atoms with Gasteiger partial charge in [0.05, 0.1) is 18.7 Å². The van der Waals surface area contributed by atoms with Crippen LogP contribution in [0, 0.1) is 6.92 Å². The summed E-state index contributed by atoms with van der Waals surface area (Å²) in [6.07, 6.45) is 0. The molecule has 4 rings (SSSR count). The molecule has 0 spiro atoms. The van der Waals surface area contributed by atoms with Gasteiger partial charge in [0.15, 0.2) is 0 Å². The first-order valence-electron chi connectivity index (χ1n) is 10.0. The molecule has 0 aliphatic rings. The smallest absolute Gasteiger partial charge is 0.251 e. The number of nitrogens with one attached hydrogen (secondary N) is 1. The fraction of sp³-hybridized carbons (Fsp3) is 0.208. The van der Waals surface area contributed by atoms with E-state index in [0.29, 0.717) is 30.8 Å². The van der Waals surface area contributed by atoms with Crippen LogP contribution in [-0.4, -0.2) is 27.5 Å². The Labute approximate surface area is 175 Å². The van der Waals surface area contributed by atoms with Gasteiger partial charge in [0.2, 0.25) is 0 Å². The van der Waals surface area contributed by atoms with Crippen LogP contribution in [0.2, 0.25) is 0 Å². The number of carbonyl (C=O) groups excluding carboxylic acids is 1. The van der Waals surface area contributed by atoms with Crippen molar-refractivity contribution in [1.82, 2.24) is 20.3 Å². The Morgan fingerprint density at radius 1 is 1.00 bits per heavy atom. The molecule has 0 atom stereocenters. The van der Waals surface area contributed by atoms with Gasteiger partial charge < -0.3 is 10.1 Å². The quantitative estimate of drug-likeness (QED) is 0.507. The van der Waals surface area contributed by atoms with Crippen LogP contribution >= 0.6 is 0 Å². The third-order valence-electron chi connectivity index (χ3n) is 4.92. The number of rotatable bonds is 7. The lowest BCUT2D eigenvalue weighted by molar-refractivity contribution is 0.0951. The molecule has 4 aromatic rings. The van der Waals surface area contributed by atoms with Crippen molar-refractivity contribution < 1.29 is 9.53 Å². The van der Waals surface area contributed by atoms with Crippen molar-refractivity contribution in [3.8, 4) is 5.75 Å². The van der Waals surface area contributed by atoms with Crippen molar-refractivity contribution in [2.75, 3.05) is 6.61 Å². The number of hydrogen-bond acceptors (Lipinski definition) is 4.